The van der Waals surface area contributed by atoms with Gasteiger partial charge >= 0.3 is 0 Å². The van der Waals surface area contributed by atoms with Crippen LogP contribution in [0.1, 0.15) is 54.4 Å². The van der Waals surface area contributed by atoms with Gasteiger partial charge in [-0.2, -0.15) is 0 Å². The fourth-order valence-electron chi connectivity index (χ4n) is 2.40. The molecule has 0 aromatic heterocycles. The van der Waals surface area contributed by atoms with E-state index in [2.05, 4.69) is 6.92 Å². The molecular weight excluding hydrogens is 286 g/mol. The summed E-state index contributed by atoms with van der Waals surface area (Å²) in [4.78, 5) is 36.3. The lowest BCUT2D eigenvalue weighted by Gasteiger charge is -2.31. The lowest BCUT2D eigenvalue weighted by molar-refractivity contribution is -0.422. The van der Waals surface area contributed by atoms with E-state index < -0.39 is 17.9 Å². The molecular formula is C16H27NO5. The third kappa shape index (κ3) is 3.94. The molecule has 1 aliphatic rings. The first-order valence-corrected chi connectivity index (χ1v) is 7.59. The molecule has 0 aromatic carbocycles. The molecule has 2 unspecified atom stereocenters. The Balaban J connectivity index is 2.76. The van der Waals surface area contributed by atoms with E-state index in [0.29, 0.717) is 11.1 Å². The smallest absolute Gasteiger partial charge is 0.257 e. The topological polar surface area (TPSA) is 65.1 Å². The predicted octanol–water partition coefficient (Wildman–Crippen LogP) is 2.58. The minimum Gasteiger partial charge on any atom is -0.351 e. The summed E-state index contributed by atoms with van der Waals surface area (Å²) in [5.74, 6) is -0.623. The van der Waals surface area contributed by atoms with Crippen molar-refractivity contribution < 1.29 is 24.1 Å². The van der Waals surface area contributed by atoms with Gasteiger partial charge in [0.05, 0.1) is 11.6 Å². The number of ether oxygens (including phenoxy) is 1. The molecule has 0 spiro atoms. The van der Waals surface area contributed by atoms with E-state index in [1.165, 1.54) is 7.11 Å². The molecule has 0 aliphatic carbocycles. The Morgan fingerprint density at radius 1 is 1.14 bits per heavy atom. The van der Waals surface area contributed by atoms with Gasteiger partial charge in [0.1, 0.15) is 0 Å². The lowest BCUT2D eigenvalue weighted by atomic mass is 10.0. The number of hydrogen-bond donors (Lipinski definition) is 0. The van der Waals surface area contributed by atoms with Gasteiger partial charge < -0.3 is 4.74 Å². The largest absolute Gasteiger partial charge is 0.351 e. The monoisotopic (exact) mass is 313 g/mol. The molecule has 1 aliphatic heterocycles. The zero-order valence-corrected chi connectivity index (χ0v) is 14.6. The van der Waals surface area contributed by atoms with Gasteiger partial charge in [0.15, 0.2) is 0 Å². The Morgan fingerprint density at radius 2 is 1.64 bits per heavy atom. The van der Waals surface area contributed by atoms with Crippen LogP contribution in [0.25, 0.3) is 0 Å². The number of carbonyl (C=O) groups excluding carboxylic acids is 2. The summed E-state index contributed by atoms with van der Waals surface area (Å²) in [5, 5.41) is 0. The number of imide groups is 1. The second-order valence-corrected chi connectivity index (χ2v) is 6.26. The summed E-state index contributed by atoms with van der Waals surface area (Å²) in [7, 11) is 1.45. The highest BCUT2D eigenvalue weighted by Gasteiger charge is 2.40. The summed E-state index contributed by atoms with van der Waals surface area (Å²) >= 11 is 0. The van der Waals surface area contributed by atoms with Crippen molar-refractivity contribution in [2.45, 2.75) is 72.3 Å². The van der Waals surface area contributed by atoms with E-state index in [4.69, 9.17) is 14.5 Å². The first-order valence-electron chi connectivity index (χ1n) is 7.59. The van der Waals surface area contributed by atoms with Gasteiger partial charge in [0, 0.05) is 18.3 Å². The summed E-state index contributed by atoms with van der Waals surface area (Å²) in [6, 6.07) is -0.588. The first-order chi connectivity index (χ1) is 10.2. The minimum atomic E-state index is -0.845. The number of nitrogens with zero attached hydrogens (tertiary/aromatic N) is 1. The van der Waals surface area contributed by atoms with Crippen LogP contribution >= 0.6 is 0 Å². The Hall–Kier alpha value is -1.24. The van der Waals surface area contributed by atoms with E-state index in [9.17, 15) is 9.59 Å². The van der Waals surface area contributed by atoms with Gasteiger partial charge in [-0.05, 0) is 41.0 Å². The van der Waals surface area contributed by atoms with Crippen LogP contribution in [0.2, 0.25) is 0 Å². The highest BCUT2D eigenvalue weighted by atomic mass is 17.2. The zero-order chi connectivity index (χ0) is 17.1. The third-order valence-electron chi connectivity index (χ3n) is 3.90. The fourth-order valence-corrected chi connectivity index (χ4v) is 2.40. The molecule has 6 nitrogen and oxygen atoms in total. The SMILES string of the molecule is CCCC(C)(C)OOC(OC)C(C)N1C(=O)C(C)=C(C)C1=O. The Bertz CT molecular complexity index is 445. The highest BCUT2D eigenvalue weighted by molar-refractivity contribution is 6.18. The second kappa shape index (κ2) is 7.35. The molecule has 22 heavy (non-hydrogen) atoms. The summed E-state index contributed by atoms with van der Waals surface area (Å²) in [6.45, 7) is 10.9. The second-order valence-electron chi connectivity index (χ2n) is 6.26. The average molecular weight is 313 g/mol. The molecule has 1 heterocycles. The van der Waals surface area contributed by atoms with E-state index in [1.807, 2.05) is 13.8 Å². The molecule has 0 bridgehead atoms. The molecule has 1 rings (SSSR count). The van der Waals surface area contributed by atoms with Crippen LogP contribution < -0.4 is 0 Å². The molecule has 6 heteroatoms. The van der Waals surface area contributed by atoms with Crippen molar-refractivity contribution in [3.8, 4) is 0 Å². The van der Waals surface area contributed by atoms with Crippen molar-refractivity contribution in [1.82, 2.24) is 4.90 Å². The summed E-state index contributed by atoms with van der Waals surface area (Å²) < 4.78 is 5.25. The van der Waals surface area contributed by atoms with Crippen molar-refractivity contribution in [2.24, 2.45) is 0 Å². The van der Waals surface area contributed by atoms with E-state index >= 15 is 0 Å². The number of amides is 2. The summed E-state index contributed by atoms with van der Waals surface area (Å²) in [5.41, 5.74) is 0.451. The van der Waals surface area contributed by atoms with Gasteiger partial charge in [-0.1, -0.05) is 13.3 Å². The van der Waals surface area contributed by atoms with E-state index in [-0.39, 0.29) is 11.8 Å². The van der Waals surface area contributed by atoms with Crippen LogP contribution in [0.4, 0.5) is 0 Å². The van der Waals surface area contributed by atoms with Gasteiger partial charge in [0.2, 0.25) is 6.29 Å². The normalized spacial score (nSPS) is 19.1. The Kier molecular flexibility index (Phi) is 6.28. The maximum absolute atomic E-state index is 12.2. The van der Waals surface area contributed by atoms with Crippen LogP contribution in [-0.4, -0.2) is 41.8 Å². The molecule has 0 N–H and O–H groups in total. The van der Waals surface area contributed by atoms with Crippen LogP contribution in [0.3, 0.4) is 0 Å². The average Bonchev–Trinajstić information content (AvgIpc) is 2.63. The highest BCUT2D eigenvalue weighted by Crippen LogP contribution is 2.25. The van der Waals surface area contributed by atoms with Crippen molar-refractivity contribution in [1.29, 1.82) is 0 Å². The molecule has 0 saturated heterocycles. The third-order valence-corrected chi connectivity index (χ3v) is 3.90. The molecule has 2 atom stereocenters. The quantitative estimate of drug-likeness (QED) is 0.298. The zero-order valence-electron chi connectivity index (χ0n) is 14.6. The van der Waals surface area contributed by atoms with Gasteiger partial charge in [-0.3, -0.25) is 14.5 Å². The number of methoxy groups -OCH3 is 1. The van der Waals surface area contributed by atoms with E-state index in [1.54, 1.807) is 20.8 Å². The van der Waals surface area contributed by atoms with Gasteiger partial charge in [0.25, 0.3) is 11.8 Å². The molecule has 0 aromatic rings. The van der Waals surface area contributed by atoms with Gasteiger partial charge in [-0.15, -0.1) is 0 Å². The maximum Gasteiger partial charge on any atom is 0.257 e. The number of carbonyl (C=O) groups is 2. The van der Waals surface area contributed by atoms with Crippen molar-refractivity contribution >= 4 is 11.8 Å². The van der Waals surface area contributed by atoms with Crippen LogP contribution in [-0.2, 0) is 24.1 Å². The Morgan fingerprint density at radius 3 is 2.05 bits per heavy atom. The van der Waals surface area contributed by atoms with Crippen LogP contribution in [0.5, 0.6) is 0 Å². The standard InChI is InChI=1S/C16H27NO5/c1-8-9-16(5,6)22-21-15(20-7)12(4)17-13(18)10(2)11(3)14(17)19/h12,15H,8-9H2,1-7H3. The number of hydrogen-bond acceptors (Lipinski definition) is 5. The van der Waals surface area contributed by atoms with Crippen molar-refractivity contribution in [2.75, 3.05) is 7.11 Å². The van der Waals surface area contributed by atoms with Crippen molar-refractivity contribution in [3.63, 3.8) is 0 Å². The number of rotatable bonds is 8. The molecule has 0 radical (unpaired) electrons. The first kappa shape index (κ1) is 18.8. The fraction of sp³-hybridized carbons (Fsp3) is 0.750. The van der Waals surface area contributed by atoms with Gasteiger partial charge in [-0.25, -0.2) is 9.78 Å². The summed E-state index contributed by atoms with van der Waals surface area (Å²) in [6.07, 6.45) is 0.927. The van der Waals surface area contributed by atoms with Crippen molar-refractivity contribution in [3.05, 3.63) is 11.1 Å². The van der Waals surface area contributed by atoms with Crippen LogP contribution in [0, 0.1) is 0 Å². The molecule has 0 saturated carbocycles. The van der Waals surface area contributed by atoms with Crippen LogP contribution in [0.15, 0.2) is 11.1 Å². The molecule has 0 fully saturated rings. The minimum absolute atomic E-state index is 0.312. The lowest BCUT2D eigenvalue weighted by Crippen LogP contribution is -2.48. The maximum atomic E-state index is 12.2. The molecule has 126 valence electrons. The molecule has 2 amide bonds. The predicted molar refractivity (Wildman–Crippen MR) is 81.6 cm³/mol. The Labute approximate surface area is 132 Å². The van der Waals surface area contributed by atoms with E-state index in [0.717, 1.165) is 17.7 Å².